The molecule has 6 nitrogen and oxygen atoms in total. The molecule has 1 amide bonds. The molecule has 16 heavy (non-hydrogen) atoms. The standard InChI is InChI=1S/C8H14F2N2O4/c9-6(10)4-16-2-1-12-8(15)5(11)3-7(13)14/h5-6H,1-4,11H2,(H,12,15)(H,13,14). The van der Waals surface area contributed by atoms with Gasteiger partial charge in [-0.2, -0.15) is 0 Å². The van der Waals surface area contributed by atoms with Crippen LogP contribution in [0.5, 0.6) is 0 Å². The Morgan fingerprint density at radius 3 is 2.56 bits per heavy atom. The molecule has 0 aromatic rings. The van der Waals surface area contributed by atoms with E-state index in [9.17, 15) is 18.4 Å². The zero-order valence-corrected chi connectivity index (χ0v) is 8.49. The van der Waals surface area contributed by atoms with Crippen LogP contribution in [-0.4, -0.2) is 49.2 Å². The normalized spacial score (nSPS) is 12.5. The maximum Gasteiger partial charge on any atom is 0.305 e. The van der Waals surface area contributed by atoms with Gasteiger partial charge in [0.2, 0.25) is 5.91 Å². The SMILES string of the molecule is NC(CC(=O)O)C(=O)NCCOCC(F)F. The summed E-state index contributed by atoms with van der Waals surface area (Å²) in [6, 6.07) is -1.15. The van der Waals surface area contributed by atoms with Crippen molar-refractivity contribution in [1.29, 1.82) is 0 Å². The van der Waals surface area contributed by atoms with E-state index in [0.717, 1.165) is 0 Å². The van der Waals surface area contributed by atoms with Crippen molar-refractivity contribution in [2.24, 2.45) is 5.73 Å². The van der Waals surface area contributed by atoms with E-state index < -0.39 is 37.4 Å². The Hall–Kier alpha value is -1.28. The number of carbonyl (C=O) groups is 2. The molecule has 0 aliphatic heterocycles. The maximum absolute atomic E-state index is 11.6. The summed E-state index contributed by atoms with van der Waals surface area (Å²) in [5, 5.41) is 10.6. The minimum atomic E-state index is -2.55. The van der Waals surface area contributed by atoms with Crippen LogP contribution in [0.1, 0.15) is 6.42 Å². The lowest BCUT2D eigenvalue weighted by Gasteiger charge is -2.10. The molecule has 0 rings (SSSR count). The number of hydrogen-bond acceptors (Lipinski definition) is 4. The highest BCUT2D eigenvalue weighted by Crippen LogP contribution is 1.92. The maximum atomic E-state index is 11.6. The lowest BCUT2D eigenvalue weighted by molar-refractivity contribution is -0.139. The van der Waals surface area contributed by atoms with E-state index in [1.165, 1.54) is 0 Å². The fourth-order valence-corrected chi connectivity index (χ4v) is 0.831. The number of halogens is 2. The first-order chi connectivity index (χ1) is 7.43. The predicted octanol–water partition coefficient (Wildman–Crippen LogP) is -0.814. The molecule has 0 heterocycles. The average molecular weight is 240 g/mol. The molecule has 0 aliphatic carbocycles. The molecule has 94 valence electrons. The van der Waals surface area contributed by atoms with Gasteiger partial charge in [0.25, 0.3) is 6.43 Å². The first kappa shape index (κ1) is 14.7. The van der Waals surface area contributed by atoms with Crippen LogP contribution in [0.4, 0.5) is 8.78 Å². The van der Waals surface area contributed by atoms with Crippen molar-refractivity contribution in [2.75, 3.05) is 19.8 Å². The summed E-state index contributed by atoms with van der Waals surface area (Å²) in [5.74, 6) is -1.83. The number of alkyl halides is 2. The number of amides is 1. The van der Waals surface area contributed by atoms with Crippen molar-refractivity contribution in [2.45, 2.75) is 18.9 Å². The first-order valence-corrected chi connectivity index (χ1v) is 4.54. The van der Waals surface area contributed by atoms with Gasteiger partial charge in [0.05, 0.1) is 19.1 Å². The van der Waals surface area contributed by atoms with Crippen molar-refractivity contribution < 1.29 is 28.2 Å². The summed E-state index contributed by atoms with van der Waals surface area (Å²) >= 11 is 0. The van der Waals surface area contributed by atoms with Crippen LogP contribution >= 0.6 is 0 Å². The van der Waals surface area contributed by atoms with Gasteiger partial charge in [-0.15, -0.1) is 0 Å². The molecule has 4 N–H and O–H groups in total. The van der Waals surface area contributed by atoms with Gasteiger partial charge in [0, 0.05) is 6.54 Å². The summed E-state index contributed by atoms with van der Waals surface area (Å²) in [5.41, 5.74) is 5.23. The number of hydrogen-bond donors (Lipinski definition) is 3. The molecule has 0 fully saturated rings. The summed E-state index contributed by atoms with van der Waals surface area (Å²) in [6.45, 7) is -0.758. The second-order valence-electron chi connectivity index (χ2n) is 2.96. The van der Waals surface area contributed by atoms with Crippen LogP contribution in [0.15, 0.2) is 0 Å². The molecule has 0 bridgehead atoms. The smallest absolute Gasteiger partial charge is 0.305 e. The Morgan fingerprint density at radius 1 is 1.44 bits per heavy atom. The molecule has 1 unspecified atom stereocenters. The van der Waals surface area contributed by atoms with Crippen LogP contribution in [0.3, 0.4) is 0 Å². The third-order valence-corrected chi connectivity index (χ3v) is 1.52. The van der Waals surface area contributed by atoms with E-state index in [2.05, 4.69) is 10.1 Å². The number of ether oxygens (including phenoxy) is 1. The minimum absolute atomic E-state index is 0.0128. The number of aliphatic carboxylic acids is 1. The lowest BCUT2D eigenvalue weighted by Crippen LogP contribution is -2.43. The van der Waals surface area contributed by atoms with Gasteiger partial charge in [0.15, 0.2) is 0 Å². The summed E-state index contributed by atoms with van der Waals surface area (Å²) < 4.78 is 27.7. The van der Waals surface area contributed by atoms with E-state index in [4.69, 9.17) is 10.8 Å². The molecule has 0 saturated carbocycles. The van der Waals surface area contributed by atoms with Crippen LogP contribution < -0.4 is 11.1 Å². The molecule has 0 aromatic carbocycles. The summed E-state index contributed by atoms with van der Waals surface area (Å²) in [4.78, 5) is 21.3. The molecule has 1 atom stereocenters. The van der Waals surface area contributed by atoms with Crippen LogP contribution in [0, 0.1) is 0 Å². The predicted molar refractivity (Wildman–Crippen MR) is 50.1 cm³/mol. The Morgan fingerprint density at radius 2 is 2.06 bits per heavy atom. The van der Waals surface area contributed by atoms with E-state index in [1.54, 1.807) is 0 Å². The Balaban J connectivity index is 3.53. The second kappa shape index (κ2) is 7.94. The molecule has 0 spiro atoms. The van der Waals surface area contributed by atoms with Gasteiger partial charge in [-0.3, -0.25) is 9.59 Å². The topological polar surface area (TPSA) is 102 Å². The van der Waals surface area contributed by atoms with Crippen molar-refractivity contribution in [1.82, 2.24) is 5.32 Å². The fraction of sp³-hybridized carbons (Fsp3) is 0.750. The monoisotopic (exact) mass is 240 g/mol. The molecule has 8 heteroatoms. The fourth-order valence-electron chi connectivity index (χ4n) is 0.831. The average Bonchev–Trinajstić information content (AvgIpc) is 2.15. The Bertz CT molecular complexity index is 238. The minimum Gasteiger partial charge on any atom is -0.481 e. The Labute approximate surface area is 90.7 Å². The Kier molecular flexibility index (Phi) is 7.31. The highest BCUT2D eigenvalue weighted by molar-refractivity contribution is 5.85. The highest BCUT2D eigenvalue weighted by Gasteiger charge is 2.16. The molecular formula is C8H14F2N2O4. The number of carboxylic acid groups (broad SMARTS) is 1. The van der Waals surface area contributed by atoms with Crippen molar-refractivity contribution in [3.8, 4) is 0 Å². The third kappa shape index (κ3) is 8.06. The number of carboxylic acids is 1. The largest absolute Gasteiger partial charge is 0.481 e. The van der Waals surface area contributed by atoms with Gasteiger partial charge >= 0.3 is 5.97 Å². The van der Waals surface area contributed by atoms with Crippen molar-refractivity contribution in [3.05, 3.63) is 0 Å². The van der Waals surface area contributed by atoms with E-state index in [1.807, 2.05) is 0 Å². The van der Waals surface area contributed by atoms with E-state index >= 15 is 0 Å². The van der Waals surface area contributed by atoms with E-state index in [0.29, 0.717) is 0 Å². The quantitative estimate of drug-likeness (QED) is 0.481. The number of nitrogens with two attached hydrogens (primary N) is 1. The van der Waals surface area contributed by atoms with Gasteiger partial charge < -0.3 is 20.9 Å². The van der Waals surface area contributed by atoms with Gasteiger partial charge in [-0.25, -0.2) is 8.78 Å². The molecule has 0 aromatic heterocycles. The number of nitrogens with one attached hydrogen (secondary N) is 1. The van der Waals surface area contributed by atoms with Crippen LogP contribution in [0.25, 0.3) is 0 Å². The zero-order chi connectivity index (χ0) is 12.6. The molecule has 0 aliphatic rings. The lowest BCUT2D eigenvalue weighted by atomic mass is 10.2. The van der Waals surface area contributed by atoms with Crippen molar-refractivity contribution >= 4 is 11.9 Å². The number of rotatable bonds is 8. The van der Waals surface area contributed by atoms with Crippen LogP contribution in [-0.2, 0) is 14.3 Å². The van der Waals surface area contributed by atoms with Crippen molar-refractivity contribution in [3.63, 3.8) is 0 Å². The van der Waals surface area contributed by atoms with Gasteiger partial charge in [-0.05, 0) is 0 Å². The van der Waals surface area contributed by atoms with Gasteiger partial charge in [-0.1, -0.05) is 0 Å². The first-order valence-electron chi connectivity index (χ1n) is 4.54. The number of carbonyl (C=O) groups excluding carboxylic acids is 1. The highest BCUT2D eigenvalue weighted by atomic mass is 19.3. The summed E-state index contributed by atoms with van der Waals surface area (Å²) in [7, 11) is 0. The van der Waals surface area contributed by atoms with E-state index in [-0.39, 0.29) is 13.2 Å². The van der Waals surface area contributed by atoms with Crippen LogP contribution in [0.2, 0.25) is 0 Å². The second-order valence-corrected chi connectivity index (χ2v) is 2.96. The zero-order valence-electron chi connectivity index (χ0n) is 8.49. The summed E-state index contributed by atoms with van der Waals surface area (Å²) in [6.07, 6.45) is -3.03. The van der Waals surface area contributed by atoms with Gasteiger partial charge in [0.1, 0.15) is 6.61 Å². The third-order valence-electron chi connectivity index (χ3n) is 1.52. The molecule has 0 radical (unpaired) electrons. The molecular weight excluding hydrogens is 226 g/mol. The molecule has 0 saturated heterocycles.